The fourth-order valence-electron chi connectivity index (χ4n) is 4.03. The van der Waals surface area contributed by atoms with Gasteiger partial charge in [0.25, 0.3) is 5.91 Å². The highest BCUT2D eigenvalue weighted by Gasteiger charge is 2.34. The summed E-state index contributed by atoms with van der Waals surface area (Å²) in [6, 6.07) is 2.36. The summed E-state index contributed by atoms with van der Waals surface area (Å²) in [4.78, 5) is 36.8. The summed E-state index contributed by atoms with van der Waals surface area (Å²) >= 11 is 0.780. The van der Waals surface area contributed by atoms with Crippen molar-refractivity contribution in [3.63, 3.8) is 0 Å². The summed E-state index contributed by atoms with van der Waals surface area (Å²) in [5, 5.41) is 6.06. The van der Waals surface area contributed by atoms with Crippen LogP contribution in [-0.2, 0) is 6.18 Å². The van der Waals surface area contributed by atoms with Crippen molar-refractivity contribution in [2.45, 2.75) is 59.1 Å². The first-order valence-electron chi connectivity index (χ1n) is 13.3. The van der Waals surface area contributed by atoms with Gasteiger partial charge in [0.2, 0.25) is 5.88 Å². The van der Waals surface area contributed by atoms with Crippen molar-refractivity contribution in [2.75, 3.05) is 18.5 Å². The minimum absolute atomic E-state index is 0.0260. The number of nitrogens with two attached hydrogens (primary N) is 1. The van der Waals surface area contributed by atoms with Gasteiger partial charge in [-0.15, -0.1) is 11.3 Å². The van der Waals surface area contributed by atoms with Crippen molar-refractivity contribution in [1.82, 2.24) is 25.7 Å². The number of urea groups is 1. The summed E-state index contributed by atoms with van der Waals surface area (Å²) in [6.45, 7) is 6.78. The van der Waals surface area contributed by atoms with Crippen LogP contribution in [0.25, 0.3) is 21.7 Å². The molecule has 41 heavy (non-hydrogen) atoms. The van der Waals surface area contributed by atoms with Crippen molar-refractivity contribution in [1.29, 1.82) is 0 Å². The maximum atomic E-state index is 13.4. The highest BCUT2D eigenvalue weighted by Crippen LogP contribution is 2.41. The number of nitrogens with zero attached hydrogens (tertiary/aromatic N) is 3. The first kappa shape index (κ1) is 31.7. The lowest BCUT2D eigenvalue weighted by Gasteiger charge is -2.16. The molecule has 5 N–H and O–H groups in total. The van der Waals surface area contributed by atoms with Crippen LogP contribution in [0, 0.1) is 5.92 Å². The largest absolute Gasteiger partial charge is 0.477 e. The summed E-state index contributed by atoms with van der Waals surface area (Å²) < 4.78 is 46.2. The van der Waals surface area contributed by atoms with Crippen molar-refractivity contribution >= 4 is 29.1 Å². The Morgan fingerprint density at radius 2 is 1.83 bits per heavy atom. The number of nitrogens with one attached hydrogen (secondary N) is 3. The number of unbranched alkanes of at least 4 members (excludes halogenated alkanes) is 1. The Balaban J connectivity index is 2.05. The zero-order chi connectivity index (χ0) is 30.0. The van der Waals surface area contributed by atoms with Crippen LogP contribution in [-0.4, -0.2) is 40.0 Å². The van der Waals surface area contributed by atoms with Crippen LogP contribution in [0.3, 0.4) is 0 Å². The van der Waals surface area contributed by atoms with Crippen molar-refractivity contribution in [2.24, 2.45) is 11.8 Å². The summed E-state index contributed by atoms with van der Waals surface area (Å²) in [5.41, 5.74) is 1.94. The second-order valence-electron chi connectivity index (χ2n) is 9.42. The molecule has 14 heteroatoms. The summed E-state index contributed by atoms with van der Waals surface area (Å²) in [5.74, 6) is 5.49. The number of alkyl halides is 3. The van der Waals surface area contributed by atoms with Gasteiger partial charge in [-0.25, -0.2) is 25.6 Å². The molecule has 0 aliphatic rings. The Bertz CT molecular complexity index is 1330. The topological polar surface area (TPSA) is 144 Å². The van der Waals surface area contributed by atoms with Gasteiger partial charge in [-0.1, -0.05) is 33.1 Å². The number of hydrogen-bond acceptors (Lipinski definition) is 8. The molecule has 10 nitrogen and oxygen atoms in total. The minimum Gasteiger partial charge on any atom is -0.477 e. The monoisotopic (exact) mass is 593 g/mol. The van der Waals surface area contributed by atoms with Gasteiger partial charge in [-0.2, -0.15) is 13.2 Å². The van der Waals surface area contributed by atoms with E-state index in [2.05, 4.69) is 39.4 Å². The molecule has 1 unspecified atom stereocenters. The first-order chi connectivity index (χ1) is 19.6. The number of rotatable bonds is 13. The Hall–Kier alpha value is -3.78. The molecule has 3 heterocycles. The van der Waals surface area contributed by atoms with E-state index in [1.807, 2.05) is 5.43 Å². The second kappa shape index (κ2) is 14.7. The number of amides is 3. The number of thiazole rings is 1. The number of nitrogen functional groups attached to an aromatic ring is 1. The standard InChI is InChI=1S/C27H34F3N7O3S/c1-4-6-8-16(3)9-7-10-40-24-18(11-17(13-34-24)23(38)37-31)20-14-33-22(36-26(39)32-5-2)12-19(20)25-35-21(15-41-25)27(28,29)30/h11-16H,4-10,31H2,1-3H3,(H,37,38)(H2,32,33,36,39). The van der Waals surface area contributed by atoms with Crippen LogP contribution in [0.4, 0.5) is 23.8 Å². The van der Waals surface area contributed by atoms with E-state index >= 15 is 0 Å². The molecule has 3 rings (SSSR count). The van der Waals surface area contributed by atoms with E-state index in [1.165, 1.54) is 24.5 Å². The van der Waals surface area contributed by atoms with Gasteiger partial charge in [0, 0.05) is 41.0 Å². The van der Waals surface area contributed by atoms with Crippen LogP contribution in [0.2, 0.25) is 0 Å². The number of carbonyl (C=O) groups is 2. The molecule has 0 aromatic carbocycles. The fraction of sp³-hybridized carbons (Fsp3) is 0.444. The third-order valence-corrected chi connectivity index (χ3v) is 7.05. The predicted molar refractivity (Wildman–Crippen MR) is 151 cm³/mol. The Kier molecular flexibility index (Phi) is 11.4. The predicted octanol–water partition coefficient (Wildman–Crippen LogP) is 6.02. The van der Waals surface area contributed by atoms with Gasteiger partial charge in [0.05, 0.1) is 12.2 Å². The molecule has 0 saturated heterocycles. The SMILES string of the molecule is CCCCC(C)CCCOc1ncc(C(=O)NN)cc1-c1cnc(NC(=O)NCC)cc1-c1nc(C(F)(F)F)cs1. The molecule has 0 fully saturated rings. The molecule has 0 spiro atoms. The van der Waals surface area contributed by atoms with Crippen molar-refractivity contribution in [3.8, 4) is 27.6 Å². The van der Waals surface area contributed by atoms with Gasteiger partial charge in [0.15, 0.2) is 5.69 Å². The average molecular weight is 594 g/mol. The third kappa shape index (κ3) is 8.85. The average Bonchev–Trinajstić information content (AvgIpc) is 3.45. The smallest absolute Gasteiger partial charge is 0.434 e. The van der Waals surface area contributed by atoms with Gasteiger partial charge in [-0.3, -0.25) is 15.5 Å². The Morgan fingerprint density at radius 1 is 1.07 bits per heavy atom. The molecule has 222 valence electrons. The van der Waals surface area contributed by atoms with Gasteiger partial charge < -0.3 is 10.1 Å². The van der Waals surface area contributed by atoms with E-state index in [0.717, 1.165) is 48.8 Å². The number of anilines is 1. The van der Waals surface area contributed by atoms with Crippen molar-refractivity contribution in [3.05, 3.63) is 41.2 Å². The molecule has 0 bridgehead atoms. The van der Waals surface area contributed by atoms with E-state index in [0.29, 0.717) is 30.2 Å². The number of carbonyl (C=O) groups excluding carboxylic acids is 2. The molecule has 3 aromatic heterocycles. The number of aromatic nitrogens is 3. The number of hydrazine groups is 1. The van der Waals surface area contributed by atoms with Crippen LogP contribution < -0.4 is 26.6 Å². The third-order valence-electron chi connectivity index (χ3n) is 6.17. The van der Waals surface area contributed by atoms with Crippen LogP contribution in [0.1, 0.15) is 68.9 Å². The maximum Gasteiger partial charge on any atom is 0.434 e. The zero-order valence-electron chi connectivity index (χ0n) is 23.1. The van der Waals surface area contributed by atoms with E-state index in [-0.39, 0.29) is 27.8 Å². The van der Waals surface area contributed by atoms with E-state index in [1.54, 1.807) is 6.92 Å². The molecule has 3 amide bonds. The summed E-state index contributed by atoms with van der Waals surface area (Å²) in [7, 11) is 0. The van der Waals surface area contributed by atoms with Crippen LogP contribution >= 0.6 is 11.3 Å². The number of pyridine rings is 2. The molecule has 0 aliphatic heterocycles. The van der Waals surface area contributed by atoms with E-state index in [9.17, 15) is 22.8 Å². The van der Waals surface area contributed by atoms with Gasteiger partial charge in [-0.05, 0) is 37.8 Å². The minimum atomic E-state index is -4.65. The number of ether oxygens (including phenoxy) is 1. The molecular formula is C27H34F3N7O3S. The van der Waals surface area contributed by atoms with E-state index in [4.69, 9.17) is 10.6 Å². The lowest BCUT2D eigenvalue weighted by molar-refractivity contribution is -0.140. The highest BCUT2D eigenvalue weighted by molar-refractivity contribution is 7.13. The molecule has 0 saturated carbocycles. The quantitative estimate of drug-likeness (QED) is 0.0821. The van der Waals surface area contributed by atoms with Crippen LogP contribution in [0.15, 0.2) is 29.9 Å². The second-order valence-corrected chi connectivity index (χ2v) is 10.3. The maximum absolute atomic E-state index is 13.4. The fourth-order valence-corrected chi connectivity index (χ4v) is 4.89. The summed E-state index contributed by atoms with van der Waals surface area (Å²) in [6.07, 6.45) is 3.16. The molecule has 3 aromatic rings. The van der Waals surface area contributed by atoms with Crippen molar-refractivity contribution < 1.29 is 27.5 Å². The zero-order valence-corrected chi connectivity index (χ0v) is 23.9. The highest BCUT2D eigenvalue weighted by atomic mass is 32.1. The van der Waals surface area contributed by atoms with Gasteiger partial charge >= 0.3 is 12.2 Å². The number of hydrogen-bond donors (Lipinski definition) is 4. The normalized spacial score (nSPS) is 12.1. The van der Waals surface area contributed by atoms with Gasteiger partial charge in [0.1, 0.15) is 10.8 Å². The lowest BCUT2D eigenvalue weighted by Crippen LogP contribution is -2.30. The Morgan fingerprint density at radius 3 is 2.49 bits per heavy atom. The Labute approximate surface area is 240 Å². The molecule has 0 radical (unpaired) electrons. The molecule has 1 atom stereocenters. The number of halogens is 3. The lowest BCUT2D eigenvalue weighted by atomic mass is 9.99. The first-order valence-corrected chi connectivity index (χ1v) is 14.2. The molecule has 0 aliphatic carbocycles. The molecular weight excluding hydrogens is 559 g/mol. The van der Waals surface area contributed by atoms with E-state index < -0.39 is 23.8 Å². The van der Waals surface area contributed by atoms with Crippen LogP contribution in [0.5, 0.6) is 5.88 Å².